The first kappa shape index (κ1) is 14.1. The van der Waals surface area contributed by atoms with Crippen LogP contribution in [0.3, 0.4) is 0 Å². The Balaban J connectivity index is 2.47. The number of benzene rings is 1. The SMILES string of the molecule is COC(=O)C1(C(c2cc(C)ccc2C)N(C)C)CC1. The van der Waals surface area contributed by atoms with Crippen molar-refractivity contribution >= 4 is 5.97 Å². The van der Waals surface area contributed by atoms with Gasteiger partial charge in [-0.05, 0) is 51.9 Å². The third kappa shape index (κ3) is 2.39. The summed E-state index contributed by atoms with van der Waals surface area (Å²) in [4.78, 5) is 14.3. The maximum Gasteiger partial charge on any atom is 0.313 e. The number of esters is 1. The van der Waals surface area contributed by atoms with E-state index in [1.807, 2.05) is 14.1 Å². The van der Waals surface area contributed by atoms with Crippen molar-refractivity contribution in [3.63, 3.8) is 0 Å². The fourth-order valence-corrected chi connectivity index (χ4v) is 3.05. The molecule has 3 heteroatoms. The molecule has 1 unspecified atom stereocenters. The molecule has 1 aliphatic carbocycles. The zero-order chi connectivity index (χ0) is 14.2. The van der Waals surface area contributed by atoms with Gasteiger partial charge in [-0.25, -0.2) is 0 Å². The lowest BCUT2D eigenvalue weighted by Gasteiger charge is -2.32. The molecule has 0 N–H and O–H groups in total. The average molecular weight is 261 g/mol. The second kappa shape index (κ2) is 4.97. The molecule has 1 aromatic rings. The molecular formula is C16H23NO2. The molecule has 19 heavy (non-hydrogen) atoms. The third-order valence-corrected chi connectivity index (χ3v) is 4.15. The molecule has 0 aliphatic heterocycles. The van der Waals surface area contributed by atoms with Gasteiger partial charge in [0.2, 0.25) is 0 Å². The Kier molecular flexibility index (Phi) is 3.68. The smallest absolute Gasteiger partial charge is 0.313 e. The topological polar surface area (TPSA) is 29.5 Å². The van der Waals surface area contributed by atoms with Gasteiger partial charge in [0.1, 0.15) is 0 Å². The van der Waals surface area contributed by atoms with E-state index < -0.39 is 0 Å². The number of rotatable bonds is 4. The maximum atomic E-state index is 12.2. The standard InChI is InChI=1S/C16H23NO2/c1-11-6-7-12(2)13(10-11)14(17(3)4)16(8-9-16)15(18)19-5/h6-7,10,14H,8-9H2,1-5H3. The largest absolute Gasteiger partial charge is 0.469 e. The molecule has 1 aliphatic rings. The minimum absolute atomic E-state index is 0.0768. The molecule has 0 radical (unpaired) electrons. The Bertz CT molecular complexity index is 490. The van der Waals surface area contributed by atoms with Gasteiger partial charge in [-0.3, -0.25) is 4.79 Å². The number of hydrogen-bond acceptors (Lipinski definition) is 3. The van der Waals surface area contributed by atoms with Crippen molar-refractivity contribution in [3.8, 4) is 0 Å². The summed E-state index contributed by atoms with van der Waals surface area (Å²) in [6.45, 7) is 4.20. The van der Waals surface area contributed by atoms with E-state index in [2.05, 4.69) is 36.9 Å². The van der Waals surface area contributed by atoms with Gasteiger partial charge < -0.3 is 9.64 Å². The molecule has 0 aromatic heterocycles. The first-order valence-electron chi connectivity index (χ1n) is 6.74. The highest BCUT2D eigenvalue weighted by atomic mass is 16.5. The molecule has 0 spiro atoms. The molecule has 1 saturated carbocycles. The van der Waals surface area contributed by atoms with Crippen molar-refractivity contribution < 1.29 is 9.53 Å². The summed E-state index contributed by atoms with van der Waals surface area (Å²) in [6.07, 6.45) is 1.83. The van der Waals surface area contributed by atoms with E-state index in [9.17, 15) is 4.79 Å². The number of carbonyl (C=O) groups excluding carboxylic acids is 1. The summed E-state index contributed by atoms with van der Waals surface area (Å²) in [5.41, 5.74) is 3.36. The van der Waals surface area contributed by atoms with Gasteiger partial charge in [-0.15, -0.1) is 0 Å². The molecule has 1 aromatic carbocycles. The van der Waals surface area contributed by atoms with Crippen LogP contribution in [0.5, 0.6) is 0 Å². The zero-order valence-corrected chi connectivity index (χ0v) is 12.5. The lowest BCUT2D eigenvalue weighted by molar-refractivity contribution is -0.150. The summed E-state index contributed by atoms with van der Waals surface area (Å²) in [5.74, 6) is -0.0768. The van der Waals surface area contributed by atoms with E-state index in [4.69, 9.17) is 4.74 Å². The van der Waals surface area contributed by atoms with Gasteiger partial charge in [-0.2, -0.15) is 0 Å². The summed E-state index contributed by atoms with van der Waals surface area (Å²) in [6, 6.07) is 6.54. The number of methoxy groups -OCH3 is 1. The Labute approximate surface area is 115 Å². The monoisotopic (exact) mass is 261 g/mol. The molecule has 104 valence electrons. The molecule has 0 amide bonds. The number of ether oxygens (including phenoxy) is 1. The lowest BCUT2D eigenvalue weighted by atomic mass is 9.86. The van der Waals surface area contributed by atoms with E-state index in [1.54, 1.807) is 0 Å². The van der Waals surface area contributed by atoms with Crippen molar-refractivity contribution in [1.29, 1.82) is 0 Å². The van der Waals surface area contributed by atoms with Crippen LogP contribution in [-0.2, 0) is 9.53 Å². The summed E-state index contributed by atoms with van der Waals surface area (Å²) >= 11 is 0. The first-order valence-corrected chi connectivity index (χ1v) is 6.74. The molecule has 1 fully saturated rings. The first-order chi connectivity index (χ1) is 8.92. The molecule has 1 atom stereocenters. The molecular weight excluding hydrogens is 238 g/mol. The Morgan fingerprint density at radius 2 is 1.95 bits per heavy atom. The van der Waals surface area contributed by atoms with Gasteiger partial charge in [-0.1, -0.05) is 23.8 Å². The second-order valence-electron chi connectivity index (χ2n) is 5.87. The highest BCUT2D eigenvalue weighted by Gasteiger charge is 2.58. The number of aryl methyl sites for hydroxylation is 2. The maximum absolute atomic E-state index is 12.2. The Morgan fingerprint density at radius 3 is 2.42 bits per heavy atom. The summed E-state index contributed by atoms with van der Waals surface area (Å²) in [7, 11) is 5.56. The minimum Gasteiger partial charge on any atom is -0.469 e. The Morgan fingerprint density at radius 1 is 1.32 bits per heavy atom. The number of hydrogen-bond donors (Lipinski definition) is 0. The minimum atomic E-state index is -0.350. The van der Waals surface area contributed by atoms with E-state index >= 15 is 0 Å². The second-order valence-corrected chi connectivity index (χ2v) is 5.87. The zero-order valence-electron chi connectivity index (χ0n) is 12.5. The van der Waals surface area contributed by atoms with Crippen LogP contribution in [0, 0.1) is 19.3 Å². The van der Waals surface area contributed by atoms with Crippen LogP contribution in [0.1, 0.15) is 35.6 Å². The quantitative estimate of drug-likeness (QED) is 0.781. The fourth-order valence-electron chi connectivity index (χ4n) is 3.05. The molecule has 0 bridgehead atoms. The van der Waals surface area contributed by atoms with Gasteiger partial charge in [0.25, 0.3) is 0 Å². The van der Waals surface area contributed by atoms with E-state index in [0.717, 1.165) is 12.8 Å². The number of carbonyl (C=O) groups is 1. The van der Waals surface area contributed by atoms with Crippen LogP contribution < -0.4 is 0 Å². The molecule has 0 saturated heterocycles. The van der Waals surface area contributed by atoms with Crippen molar-refractivity contribution in [2.24, 2.45) is 5.41 Å². The van der Waals surface area contributed by atoms with Crippen LogP contribution in [0.2, 0.25) is 0 Å². The van der Waals surface area contributed by atoms with Crippen LogP contribution in [0.4, 0.5) is 0 Å². The van der Waals surface area contributed by atoms with E-state index in [0.29, 0.717) is 0 Å². The van der Waals surface area contributed by atoms with Crippen LogP contribution >= 0.6 is 0 Å². The van der Waals surface area contributed by atoms with Gasteiger partial charge in [0.05, 0.1) is 18.6 Å². The van der Waals surface area contributed by atoms with Crippen molar-refractivity contribution in [2.75, 3.05) is 21.2 Å². The fraction of sp³-hybridized carbons (Fsp3) is 0.562. The molecule has 2 rings (SSSR count). The van der Waals surface area contributed by atoms with Crippen molar-refractivity contribution in [1.82, 2.24) is 4.90 Å². The Hall–Kier alpha value is -1.35. The third-order valence-electron chi connectivity index (χ3n) is 4.15. The van der Waals surface area contributed by atoms with Crippen molar-refractivity contribution in [2.45, 2.75) is 32.7 Å². The predicted molar refractivity (Wildman–Crippen MR) is 76.0 cm³/mol. The summed E-state index contributed by atoms with van der Waals surface area (Å²) in [5, 5.41) is 0. The average Bonchev–Trinajstić information content (AvgIpc) is 3.14. The highest BCUT2D eigenvalue weighted by Crippen LogP contribution is 2.58. The van der Waals surface area contributed by atoms with Gasteiger partial charge >= 0.3 is 5.97 Å². The highest BCUT2D eigenvalue weighted by molar-refractivity contribution is 5.81. The van der Waals surface area contributed by atoms with E-state index in [-0.39, 0.29) is 17.4 Å². The van der Waals surface area contributed by atoms with Crippen LogP contribution in [0.15, 0.2) is 18.2 Å². The number of nitrogens with zero attached hydrogens (tertiary/aromatic N) is 1. The van der Waals surface area contributed by atoms with E-state index in [1.165, 1.54) is 23.8 Å². The summed E-state index contributed by atoms with van der Waals surface area (Å²) < 4.78 is 5.03. The molecule has 0 heterocycles. The van der Waals surface area contributed by atoms with Crippen LogP contribution in [0.25, 0.3) is 0 Å². The normalized spacial score (nSPS) is 18.2. The van der Waals surface area contributed by atoms with Gasteiger partial charge in [0, 0.05) is 0 Å². The predicted octanol–water partition coefficient (Wildman–Crippen LogP) is 2.86. The lowest BCUT2D eigenvalue weighted by Crippen LogP contribution is -2.35. The molecule has 3 nitrogen and oxygen atoms in total. The van der Waals surface area contributed by atoms with Crippen molar-refractivity contribution in [3.05, 3.63) is 34.9 Å². The van der Waals surface area contributed by atoms with Gasteiger partial charge in [0.15, 0.2) is 0 Å². The van der Waals surface area contributed by atoms with Crippen LogP contribution in [-0.4, -0.2) is 32.1 Å².